The average Bonchev–Trinajstić information content (AvgIpc) is 2.02. The minimum atomic E-state index is -5.11. The second-order valence-electron chi connectivity index (χ2n) is 2.41. The van der Waals surface area contributed by atoms with E-state index in [9.17, 15) is 23.1 Å². The van der Waals surface area contributed by atoms with E-state index in [-0.39, 0.29) is 11.3 Å². The number of phosphoric ester groups is 1. The predicted octanol–water partition coefficient (Wildman–Crippen LogP) is 0.832. The first kappa shape index (κ1) is 11.1. The SMILES string of the molecule is O=P([O-])([O-])Oc1ccc(C(F)F)cc1. The lowest BCUT2D eigenvalue weighted by Gasteiger charge is -2.28. The highest BCUT2D eigenvalue weighted by molar-refractivity contribution is 7.43. The van der Waals surface area contributed by atoms with E-state index in [1.807, 2.05) is 0 Å². The Morgan fingerprint density at radius 3 is 2.07 bits per heavy atom. The molecule has 0 aliphatic carbocycles. The highest BCUT2D eigenvalue weighted by Crippen LogP contribution is 2.30. The van der Waals surface area contributed by atoms with Crippen LogP contribution in [0.5, 0.6) is 5.75 Å². The third kappa shape index (κ3) is 3.41. The van der Waals surface area contributed by atoms with E-state index in [2.05, 4.69) is 4.52 Å². The van der Waals surface area contributed by atoms with Gasteiger partial charge in [-0.3, -0.25) is 0 Å². The van der Waals surface area contributed by atoms with E-state index in [1.165, 1.54) is 0 Å². The molecule has 1 aromatic rings. The van der Waals surface area contributed by atoms with Gasteiger partial charge in [-0.25, -0.2) is 8.78 Å². The Bertz CT molecular complexity index is 345. The third-order valence-corrected chi connectivity index (χ3v) is 1.78. The molecule has 0 atom stereocenters. The summed E-state index contributed by atoms with van der Waals surface area (Å²) in [5, 5.41) is 0. The summed E-state index contributed by atoms with van der Waals surface area (Å²) >= 11 is 0. The van der Waals surface area contributed by atoms with Crippen molar-refractivity contribution in [3.8, 4) is 5.75 Å². The monoisotopic (exact) mass is 222 g/mol. The maximum atomic E-state index is 12.0. The quantitative estimate of drug-likeness (QED) is 0.710. The molecule has 1 rings (SSSR count). The molecule has 14 heavy (non-hydrogen) atoms. The van der Waals surface area contributed by atoms with Crippen molar-refractivity contribution in [2.24, 2.45) is 0 Å². The molecule has 0 spiro atoms. The fraction of sp³-hybridized carbons (Fsp3) is 0.143. The normalized spacial score (nSPS) is 11.8. The molecule has 0 fully saturated rings. The van der Waals surface area contributed by atoms with Crippen LogP contribution in [0.2, 0.25) is 0 Å². The molecule has 0 aliphatic heterocycles. The Morgan fingerprint density at radius 1 is 1.21 bits per heavy atom. The zero-order chi connectivity index (χ0) is 10.8. The lowest BCUT2D eigenvalue weighted by atomic mass is 10.2. The Kier molecular flexibility index (Phi) is 3.21. The molecule has 4 nitrogen and oxygen atoms in total. The fourth-order valence-corrected chi connectivity index (χ4v) is 1.18. The minimum Gasteiger partial charge on any atom is -0.780 e. The van der Waals surface area contributed by atoms with Gasteiger partial charge in [-0.15, -0.1) is 0 Å². The number of rotatable bonds is 3. The molecule has 7 heteroatoms. The van der Waals surface area contributed by atoms with Gasteiger partial charge >= 0.3 is 0 Å². The van der Waals surface area contributed by atoms with Crippen molar-refractivity contribution in [3.05, 3.63) is 29.8 Å². The molecule has 0 radical (unpaired) electrons. The van der Waals surface area contributed by atoms with Crippen molar-refractivity contribution in [1.29, 1.82) is 0 Å². The maximum absolute atomic E-state index is 12.0. The summed E-state index contributed by atoms with van der Waals surface area (Å²) in [6.45, 7) is 0. The topological polar surface area (TPSA) is 72.4 Å². The molecule has 0 aliphatic rings. The van der Waals surface area contributed by atoms with Gasteiger partial charge in [-0.05, 0) is 24.3 Å². The van der Waals surface area contributed by atoms with Gasteiger partial charge in [0, 0.05) is 5.56 Å². The molecular formula is C7H5F2O4P-2. The second kappa shape index (κ2) is 4.04. The summed E-state index contributed by atoms with van der Waals surface area (Å²) < 4.78 is 38.1. The molecule has 0 amide bonds. The van der Waals surface area contributed by atoms with E-state index >= 15 is 0 Å². The standard InChI is InChI=1S/C7H7F2O4P/c8-7(9)5-1-3-6(4-2-5)13-14(10,11)12/h1-4,7H,(H2,10,11,12)/p-2. The van der Waals surface area contributed by atoms with Crippen molar-refractivity contribution in [1.82, 2.24) is 0 Å². The van der Waals surface area contributed by atoms with Gasteiger partial charge in [-0.2, -0.15) is 0 Å². The molecule has 0 heterocycles. The number of phosphoric acid groups is 1. The molecule has 0 bridgehead atoms. The second-order valence-corrected chi connectivity index (χ2v) is 3.49. The Morgan fingerprint density at radius 2 is 1.71 bits per heavy atom. The van der Waals surface area contributed by atoms with Crippen LogP contribution in [0.4, 0.5) is 8.78 Å². The molecule has 0 unspecified atom stereocenters. The minimum absolute atomic E-state index is 0.274. The largest absolute Gasteiger partial charge is 0.780 e. The molecule has 0 aromatic heterocycles. The lowest BCUT2D eigenvalue weighted by Crippen LogP contribution is -2.18. The molecule has 78 valence electrons. The highest BCUT2D eigenvalue weighted by atomic mass is 31.2. The summed E-state index contributed by atoms with van der Waals surface area (Å²) in [5.74, 6) is -0.275. The molecule has 1 aromatic carbocycles. The molecule has 0 saturated heterocycles. The zero-order valence-corrected chi connectivity index (χ0v) is 7.62. The fourth-order valence-electron chi connectivity index (χ4n) is 0.803. The van der Waals surface area contributed by atoms with Gasteiger partial charge in [0.25, 0.3) is 6.43 Å². The number of benzene rings is 1. The zero-order valence-electron chi connectivity index (χ0n) is 6.72. The molecule has 0 saturated carbocycles. The summed E-state index contributed by atoms with van der Waals surface area (Å²) in [4.78, 5) is 20.2. The first-order chi connectivity index (χ1) is 6.38. The maximum Gasteiger partial charge on any atom is 0.263 e. The smallest absolute Gasteiger partial charge is 0.263 e. The van der Waals surface area contributed by atoms with Crippen LogP contribution in [0.25, 0.3) is 0 Å². The number of hydrogen-bond donors (Lipinski definition) is 0. The van der Waals surface area contributed by atoms with Gasteiger partial charge in [0.1, 0.15) is 13.6 Å². The first-order valence-corrected chi connectivity index (χ1v) is 4.94. The van der Waals surface area contributed by atoms with Crippen LogP contribution < -0.4 is 14.3 Å². The van der Waals surface area contributed by atoms with Crippen LogP contribution in [0.1, 0.15) is 12.0 Å². The van der Waals surface area contributed by atoms with E-state index in [4.69, 9.17) is 0 Å². The van der Waals surface area contributed by atoms with Crippen molar-refractivity contribution in [2.45, 2.75) is 6.43 Å². The number of halogens is 2. The number of alkyl halides is 2. The van der Waals surface area contributed by atoms with Crippen LogP contribution in [0, 0.1) is 0 Å². The van der Waals surface area contributed by atoms with Crippen molar-refractivity contribution in [2.75, 3.05) is 0 Å². The van der Waals surface area contributed by atoms with E-state index in [1.54, 1.807) is 0 Å². The van der Waals surface area contributed by atoms with Gasteiger partial charge in [-0.1, -0.05) is 0 Å². The van der Waals surface area contributed by atoms with E-state index in [0.29, 0.717) is 0 Å². The number of hydrogen-bond acceptors (Lipinski definition) is 4. The highest BCUT2D eigenvalue weighted by Gasteiger charge is 2.06. The summed E-state index contributed by atoms with van der Waals surface area (Å²) in [6.07, 6.45) is -2.64. The van der Waals surface area contributed by atoms with Gasteiger partial charge in [0.05, 0.1) is 0 Å². The van der Waals surface area contributed by atoms with E-state index in [0.717, 1.165) is 24.3 Å². The van der Waals surface area contributed by atoms with Gasteiger partial charge in [0.2, 0.25) is 0 Å². The summed E-state index contributed by atoms with van der Waals surface area (Å²) in [5.41, 5.74) is -0.274. The van der Waals surface area contributed by atoms with Gasteiger partial charge in [0.15, 0.2) is 0 Å². The molecular weight excluding hydrogens is 217 g/mol. The Labute approximate surface area is 78.4 Å². The van der Waals surface area contributed by atoms with Crippen molar-refractivity contribution in [3.63, 3.8) is 0 Å². The Hall–Kier alpha value is -0.970. The van der Waals surface area contributed by atoms with Crippen LogP contribution in [0.3, 0.4) is 0 Å². The van der Waals surface area contributed by atoms with Crippen LogP contribution >= 0.6 is 7.82 Å². The van der Waals surface area contributed by atoms with Crippen molar-refractivity contribution < 1.29 is 27.7 Å². The lowest BCUT2D eigenvalue weighted by molar-refractivity contribution is -0.333. The van der Waals surface area contributed by atoms with Crippen LogP contribution in [0.15, 0.2) is 24.3 Å². The average molecular weight is 222 g/mol. The molecule has 0 N–H and O–H groups in total. The third-order valence-electron chi connectivity index (χ3n) is 1.35. The first-order valence-electron chi connectivity index (χ1n) is 3.48. The Balaban J connectivity index is 2.79. The van der Waals surface area contributed by atoms with Crippen molar-refractivity contribution >= 4 is 7.82 Å². The van der Waals surface area contributed by atoms with Crippen LogP contribution in [-0.2, 0) is 4.57 Å². The predicted molar refractivity (Wildman–Crippen MR) is 39.6 cm³/mol. The van der Waals surface area contributed by atoms with Gasteiger partial charge < -0.3 is 18.9 Å². The van der Waals surface area contributed by atoms with Crippen LogP contribution in [-0.4, -0.2) is 0 Å². The van der Waals surface area contributed by atoms with E-state index < -0.39 is 14.2 Å². The summed E-state index contributed by atoms with van der Waals surface area (Å²) in [7, 11) is -5.11. The summed E-state index contributed by atoms with van der Waals surface area (Å²) in [6, 6.07) is 3.94.